The minimum atomic E-state index is -0.284. The molecule has 0 aromatic heterocycles. The van der Waals surface area contributed by atoms with Crippen LogP contribution in [0.15, 0.2) is 0 Å². The van der Waals surface area contributed by atoms with E-state index in [0.717, 1.165) is 25.4 Å². The number of nitrogens with one attached hydrogen (secondary N) is 2. The molecule has 0 spiro atoms. The van der Waals surface area contributed by atoms with Crippen LogP contribution in [0, 0.1) is 5.92 Å². The zero-order valence-corrected chi connectivity index (χ0v) is 11.2. The number of hydrogen-bond donors (Lipinski definition) is 2. The Kier molecular flexibility index (Phi) is 5.94. The van der Waals surface area contributed by atoms with Gasteiger partial charge in [0.25, 0.3) is 0 Å². The fraction of sp³-hybridized carbons (Fsp3) is 0.929. The molecule has 0 radical (unpaired) electrons. The lowest BCUT2D eigenvalue weighted by molar-refractivity contribution is -0.134. The maximum absolute atomic E-state index is 11.7. The van der Waals surface area contributed by atoms with E-state index in [0.29, 0.717) is 13.2 Å². The van der Waals surface area contributed by atoms with E-state index < -0.39 is 0 Å². The second-order valence-corrected chi connectivity index (χ2v) is 5.50. The van der Waals surface area contributed by atoms with E-state index in [1.807, 2.05) is 0 Å². The van der Waals surface area contributed by atoms with Gasteiger partial charge < -0.3 is 15.4 Å². The first-order valence-electron chi connectivity index (χ1n) is 7.46. The van der Waals surface area contributed by atoms with Gasteiger partial charge >= 0.3 is 0 Å². The Bertz CT molecular complexity index is 246. The van der Waals surface area contributed by atoms with Crippen LogP contribution in [0.3, 0.4) is 0 Å². The standard InChI is InChI=1S/C14H26N2O2/c17-14(13-11-15-9-10-18-13)16-8-4-3-7-12-5-1-2-6-12/h12-13,15H,1-11H2,(H,16,17). The summed E-state index contributed by atoms with van der Waals surface area (Å²) in [5.74, 6) is 1.01. The first kappa shape index (κ1) is 13.8. The average Bonchev–Trinajstić information content (AvgIpc) is 2.92. The highest BCUT2D eigenvalue weighted by molar-refractivity contribution is 5.81. The highest BCUT2D eigenvalue weighted by Crippen LogP contribution is 2.28. The SMILES string of the molecule is O=C(NCCCCC1CCCC1)C1CNCCO1. The molecule has 1 heterocycles. The number of amides is 1. The van der Waals surface area contributed by atoms with Gasteiger partial charge in [-0.05, 0) is 12.3 Å². The van der Waals surface area contributed by atoms with E-state index in [2.05, 4.69) is 10.6 Å². The second kappa shape index (κ2) is 7.74. The molecule has 1 saturated carbocycles. The van der Waals surface area contributed by atoms with Crippen molar-refractivity contribution >= 4 is 5.91 Å². The van der Waals surface area contributed by atoms with E-state index in [-0.39, 0.29) is 12.0 Å². The Morgan fingerprint density at radius 3 is 2.83 bits per heavy atom. The summed E-state index contributed by atoms with van der Waals surface area (Å²) >= 11 is 0. The lowest BCUT2D eigenvalue weighted by Crippen LogP contribution is -2.48. The lowest BCUT2D eigenvalue weighted by atomic mass is 10.0. The zero-order chi connectivity index (χ0) is 12.6. The van der Waals surface area contributed by atoms with Crippen molar-refractivity contribution in [3.63, 3.8) is 0 Å². The predicted octanol–water partition coefficient (Wildman–Crippen LogP) is 1.45. The summed E-state index contributed by atoms with van der Waals surface area (Å²) in [6.07, 6.45) is 9.10. The molecule has 104 valence electrons. The third-order valence-corrected chi connectivity index (χ3v) is 4.03. The van der Waals surface area contributed by atoms with E-state index in [1.54, 1.807) is 0 Å². The Balaban J connectivity index is 1.48. The molecular formula is C14H26N2O2. The van der Waals surface area contributed by atoms with Gasteiger partial charge in [0.15, 0.2) is 0 Å². The van der Waals surface area contributed by atoms with E-state index in [9.17, 15) is 4.79 Å². The molecule has 1 unspecified atom stereocenters. The van der Waals surface area contributed by atoms with Crippen molar-refractivity contribution in [3.8, 4) is 0 Å². The van der Waals surface area contributed by atoms with Crippen LogP contribution in [0.25, 0.3) is 0 Å². The fourth-order valence-corrected chi connectivity index (χ4v) is 2.92. The molecular weight excluding hydrogens is 228 g/mol. The van der Waals surface area contributed by atoms with Crippen molar-refractivity contribution in [2.75, 3.05) is 26.2 Å². The number of rotatable bonds is 6. The number of unbranched alkanes of at least 4 members (excludes halogenated alkanes) is 1. The maximum Gasteiger partial charge on any atom is 0.250 e. The first-order chi connectivity index (χ1) is 8.86. The predicted molar refractivity (Wildman–Crippen MR) is 71.4 cm³/mol. The van der Waals surface area contributed by atoms with Gasteiger partial charge in [0.1, 0.15) is 6.10 Å². The largest absolute Gasteiger partial charge is 0.366 e. The van der Waals surface area contributed by atoms with Gasteiger partial charge in [-0.3, -0.25) is 4.79 Å². The van der Waals surface area contributed by atoms with Crippen molar-refractivity contribution in [2.45, 2.75) is 51.0 Å². The molecule has 2 rings (SSSR count). The molecule has 1 atom stereocenters. The van der Waals surface area contributed by atoms with Crippen LogP contribution in [0.5, 0.6) is 0 Å². The minimum Gasteiger partial charge on any atom is -0.366 e. The Morgan fingerprint density at radius 2 is 2.11 bits per heavy atom. The highest BCUT2D eigenvalue weighted by Gasteiger charge is 2.21. The summed E-state index contributed by atoms with van der Waals surface area (Å²) < 4.78 is 5.40. The minimum absolute atomic E-state index is 0.0445. The third kappa shape index (κ3) is 4.58. The Morgan fingerprint density at radius 1 is 1.28 bits per heavy atom. The van der Waals surface area contributed by atoms with Crippen molar-refractivity contribution in [2.24, 2.45) is 5.92 Å². The molecule has 4 nitrogen and oxygen atoms in total. The normalized spacial score (nSPS) is 25.2. The highest BCUT2D eigenvalue weighted by atomic mass is 16.5. The molecule has 18 heavy (non-hydrogen) atoms. The molecule has 0 bridgehead atoms. The summed E-state index contributed by atoms with van der Waals surface area (Å²) in [7, 11) is 0. The van der Waals surface area contributed by atoms with Gasteiger partial charge in [0, 0.05) is 19.6 Å². The van der Waals surface area contributed by atoms with E-state index in [4.69, 9.17) is 4.74 Å². The third-order valence-electron chi connectivity index (χ3n) is 4.03. The molecule has 4 heteroatoms. The van der Waals surface area contributed by atoms with Crippen molar-refractivity contribution in [1.82, 2.24) is 10.6 Å². The van der Waals surface area contributed by atoms with Crippen LogP contribution < -0.4 is 10.6 Å². The van der Waals surface area contributed by atoms with Crippen molar-refractivity contribution in [3.05, 3.63) is 0 Å². The molecule has 2 N–H and O–H groups in total. The van der Waals surface area contributed by atoms with Gasteiger partial charge in [-0.25, -0.2) is 0 Å². The van der Waals surface area contributed by atoms with Crippen LogP contribution in [-0.4, -0.2) is 38.3 Å². The average molecular weight is 254 g/mol. The number of carbonyl (C=O) groups excluding carboxylic acids is 1. The van der Waals surface area contributed by atoms with Crippen LogP contribution in [0.4, 0.5) is 0 Å². The van der Waals surface area contributed by atoms with Crippen LogP contribution in [0.1, 0.15) is 44.9 Å². The maximum atomic E-state index is 11.7. The lowest BCUT2D eigenvalue weighted by Gasteiger charge is -2.22. The quantitative estimate of drug-likeness (QED) is 0.705. The summed E-state index contributed by atoms with van der Waals surface area (Å²) in [5.41, 5.74) is 0. The van der Waals surface area contributed by atoms with E-state index in [1.165, 1.54) is 38.5 Å². The molecule has 2 fully saturated rings. The molecule has 0 aromatic carbocycles. The smallest absolute Gasteiger partial charge is 0.250 e. The Labute approximate surface area is 110 Å². The van der Waals surface area contributed by atoms with Crippen LogP contribution in [0.2, 0.25) is 0 Å². The fourth-order valence-electron chi connectivity index (χ4n) is 2.92. The monoisotopic (exact) mass is 254 g/mol. The number of morpholine rings is 1. The van der Waals surface area contributed by atoms with Gasteiger partial charge in [-0.15, -0.1) is 0 Å². The number of carbonyl (C=O) groups is 1. The van der Waals surface area contributed by atoms with Crippen LogP contribution >= 0.6 is 0 Å². The summed E-state index contributed by atoms with van der Waals surface area (Å²) in [6, 6.07) is 0. The van der Waals surface area contributed by atoms with Gasteiger partial charge in [-0.2, -0.15) is 0 Å². The van der Waals surface area contributed by atoms with Crippen molar-refractivity contribution in [1.29, 1.82) is 0 Å². The molecule has 1 aliphatic carbocycles. The molecule has 2 aliphatic rings. The molecule has 0 aromatic rings. The molecule has 1 aliphatic heterocycles. The number of ether oxygens (including phenoxy) is 1. The zero-order valence-electron chi connectivity index (χ0n) is 11.2. The van der Waals surface area contributed by atoms with Crippen molar-refractivity contribution < 1.29 is 9.53 Å². The molecule has 1 amide bonds. The number of hydrogen-bond acceptors (Lipinski definition) is 3. The second-order valence-electron chi connectivity index (χ2n) is 5.50. The summed E-state index contributed by atoms with van der Waals surface area (Å²) in [5, 5.41) is 6.14. The van der Waals surface area contributed by atoms with Gasteiger partial charge in [0.05, 0.1) is 6.61 Å². The first-order valence-corrected chi connectivity index (χ1v) is 7.46. The summed E-state index contributed by atoms with van der Waals surface area (Å²) in [6.45, 7) is 2.93. The van der Waals surface area contributed by atoms with Gasteiger partial charge in [-0.1, -0.05) is 38.5 Å². The topological polar surface area (TPSA) is 50.4 Å². The van der Waals surface area contributed by atoms with Gasteiger partial charge in [0.2, 0.25) is 5.91 Å². The molecule has 1 saturated heterocycles. The van der Waals surface area contributed by atoms with E-state index >= 15 is 0 Å². The summed E-state index contributed by atoms with van der Waals surface area (Å²) in [4.78, 5) is 11.7. The Hall–Kier alpha value is -0.610. The van der Waals surface area contributed by atoms with Crippen LogP contribution in [-0.2, 0) is 9.53 Å².